The van der Waals surface area contributed by atoms with Crippen LogP contribution in [-0.2, 0) is 25.6 Å². The third-order valence-electron chi connectivity index (χ3n) is 10.5. The standard InChI is InChI=1S/C36H34N2O6/c1-20-18-22(10-15-29(20)40)31-25-13-14-26-30(34(43)37(32(26)41)17-16-21-8-11-24(39)12-9-21)27(25)19-28-33(42)38(35(44)36(28,31)2)23-6-4-3-5-7-23/h3-13,15,18,26-28,30-31,39-40H,14,16-17,19H2,1-2H3/t26-,27+,28-,30-,31-,36+/m0/s1. The van der Waals surface area contributed by atoms with Crippen molar-refractivity contribution in [3.05, 3.63) is 101 Å². The summed E-state index contributed by atoms with van der Waals surface area (Å²) < 4.78 is 0. The Kier molecular flexibility index (Phi) is 6.50. The molecule has 0 aromatic heterocycles. The zero-order valence-electron chi connectivity index (χ0n) is 24.6. The highest BCUT2D eigenvalue weighted by Gasteiger charge is 2.67. The van der Waals surface area contributed by atoms with Gasteiger partial charge >= 0.3 is 0 Å². The predicted molar refractivity (Wildman–Crippen MR) is 162 cm³/mol. The average molecular weight is 591 g/mol. The van der Waals surface area contributed by atoms with Gasteiger partial charge in [-0.25, -0.2) is 4.90 Å². The highest BCUT2D eigenvalue weighted by molar-refractivity contribution is 6.24. The number of aryl methyl sites for hydroxylation is 1. The number of rotatable bonds is 5. The van der Waals surface area contributed by atoms with Gasteiger partial charge in [-0.1, -0.05) is 54.1 Å². The third kappa shape index (κ3) is 4.03. The SMILES string of the molecule is Cc1cc([C@H]2C3=CC[C@@H]4C(=O)N(CCc5ccc(O)cc5)C(=O)[C@@H]4[C@@H]3C[C@H]3C(=O)N(c4ccccc4)C(=O)[C@@]23C)ccc1O. The first-order valence-corrected chi connectivity index (χ1v) is 15.2. The molecule has 2 N–H and O–H groups in total. The van der Waals surface area contributed by atoms with E-state index < -0.39 is 29.1 Å². The van der Waals surface area contributed by atoms with Gasteiger partial charge in [0.2, 0.25) is 23.6 Å². The zero-order valence-corrected chi connectivity index (χ0v) is 24.6. The van der Waals surface area contributed by atoms with E-state index in [9.17, 15) is 29.4 Å². The Morgan fingerprint density at radius 3 is 2.30 bits per heavy atom. The van der Waals surface area contributed by atoms with E-state index >= 15 is 0 Å². The lowest BCUT2D eigenvalue weighted by molar-refractivity contribution is -0.140. The van der Waals surface area contributed by atoms with Crippen molar-refractivity contribution in [3.63, 3.8) is 0 Å². The van der Waals surface area contributed by atoms with Crippen LogP contribution in [-0.4, -0.2) is 45.3 Å². The molecule has 0 bridgehead atoms. The molecule has 4 aliphatic rings. The number of phenols is 2. The minimum atomic E-state index is -1.12. The van der Waals surface area contributed by atoms with E-state index in [0.29, 0.717) is 30.5 Å². The fourth-order valence-corrected chi connectivity index (χ4v) is 8.27. The number of para-hydroxylation sites is 1. The number of likely N-dealkylation sites (tertiary alicyclic amines) is 1. The van der Waals surface area contributed by atoms with Gasteiger partial charge in [0, 0.05) is 12.5 Å². The molecule has 6 atom stereocenters. The number of hydrogen-bond acceptors (Lipinski definition) is 6. The van der Waals surface area contributed by atoms with Gasteiger partial charge in [-0.05, 0) is 86.1 Å². The van der Waals surface area contributed by atoms with Crippen molar-refractivity contribution in [2.75, 3.05) is 11.4 Å². The van der Waals surface area contributed by atoms with E-state index in [0.717, 1.165) is 16.7 Å². The van der Waals surface area contributed by atoms with Crippen molar-refractivity contribution in [1.82, 2.24) is 4.90 Å². The molecule has 44 heavy (non-hydrogen) atoms. The maximum absolute atomic E-state index is 14.4. The molecule has 4 amide bonds. The summed E-state index contributed by atoms with van der Waals surface area (Å²) in [5, 5.41) is 19.9. The second kappa shape index (κ2) is 10.2. The minimum Gasteiger partial charge on any atom is -0.508 e. The number of allylic oxidation sites excluding steroid dienone is 2. The Balaban J connectivity index is 1.29. The Bertz CT molecular complexity index is 1730. The van der Waals surface area contributed by atoms with Gasteiger partial charge in [-0.2, -0.15) is 0 Å². The van der Waals surface area contributed by atoms with Gasteiger partial charge in [0.1, 0.15) is 11.5 Å². The molecule has 2 aliphatic heterocycles. The highest BCUT2D eigenvalue weighted by atomic mass is 16.3. The molecule has 3 fully saturated rings. The van der Waals surface area contributed by atoms with Crippen LogP contribution in [0.4, 0.5) is 5.69 Å². The van der Waals surface area contributed by atoms with Crippen LogP contribution in [0.25, 0.3) is 0 Å². The normalized spacial score (nSPS) is 29.4. The molecule has 8 nitrogen and oxygen atoms in total. The first kappa shape index (κ1) is 28.1. The molecule has 7 rings (SSSR count). The monoisotopic (exact) mass is 590 g/mol. The molecule has 2 saturated heterocycles. The van der Waals surface area contributed by atoms with Crippen LogP contribution >= 0.6 is 0 Å². The summed E-state index contributed by atoms with van der Waals surface area (Å²) in [6, 6.07) is 20.9. The van der Waals surface area contributed by atoms with Gasteiger partial charge in [0.15, 0.2) is 0 Å². The lowest BCUT2D eigenvalue weighted by Crippen LogP contribution is -2.48. The van der Waals surface area contributed by atoms with Crippen LogP contribution in [0.5, 0.6) is 11.5 Å². The molecule has 2 aliphatic carbocycles. The van der Waals surface area contributed by atoms with E-state index in [4.69, 9.17) is 0 Å². The molecular formula is C36H34N2O6. The van der Waals surface area contributed by atoms with Gasteiger partial charge in [0.05, 0.1) is 28.9 Å². The Labute approximate surface area is 255 Å². The van der Waals surface area contributed by atoms with Crippen molar-refractivity contribution in [3.8, 4) is 11.5 Å². The fraction of sp³-hybridized carbons (Fsp3) is 0.333. The summed E-state index contributed by atoms with van der Waals surface area (Å²) in [6.45, 7) is 3.90. The number of carbonyl (C=O) groups excluding carboxylic acids is 4. The van der Waals surface area contributed by atoms with E-state index in [1.807, 2.05) is 25.1 Å². The summed E-state index contributed by atoms with van der Waals surface area (Å²) in [7, 11) is 0. The van der Waals surface area contributed by atoms with Crippen LogP contribution in [0.3, 0.4) is 0 Å². The maximum Gasteiger partial charge on any atom is 0.241 e. The molecule has 0 unspecified atom stereocenters. The molecule has 2 heterocycles. The van der Waals surface area contributed by atoms with E-state index in [1.165, 1.54) is 9.80 Å². The number of benzene rings is 3. The molecule has 224 valence electrons. The van der Waals surface area contributed by atoms with Crippen molar-refractivity contribution in [2.24, 2.45) is 29.1 Å². The zero-order chi connectivity index (χ0) is 30.9. The number of fused-ring (bicyclic) bond motifs is 4. The minimum absolute atomic E-state index is 0.140. The van der Waals surface area contributed by atoms with Crippen LogP contribution in [0, 0.1) is 36.0 Å². The molecule has 3 aromatic rings. The molecule has 8 heteroatoms. The topological polar surface area (TPSA) is 115 Å². The number of aromatic hydroxyl groups is 2. The number of nitrogens with zero attached hydrogens (tertiary/aromatic N) is 2. The second-order valence-electron chi connectivity index (χ2n) is 12.8. The number of amides is 4. The lowest BCUT2D eigenvalue weighted by Gasteiger charge is -2.49. The molecule has 0 radical (unpaired) electrons. The smallest absolute Gasteiger partial charge is 0.241 e. The summed E-state index contributed by atoms with van der Waals surface area (Å²) in [4.78, 5) is 59.0. The highest BCUT2D eigenvalue weighted by Crippen LogP contribution is 2.63. The molecule has 1 saturated carbocycles. The Morgan fingerprint density at radius 2 is 1.59 bits per heavy atom. The number of phenolic OH excluding ortho intramolecular Hbond substituents is 2. The number of hydrogen-bond donors (Lipinski definition) is 2. The maximum atomic E-state index is 14.4. The third-order valence-corrected chi connectivity index (χ3v) is 10.5. The van der Waals surface area contributed by atoms with E-state index in [-0.39, 0.29) is 47.6 Å². The molecular weight excluding hydrogens is 556 g/mol. The second-order valence-corrected chi connectivity index (χ2v) is 12.8. The summed E-state index contributed by atoms with van der Waals surface area (Å²) in [5.74, 6) is -3.40. The van der Waals surface area contributed by atoms with Gasteiger partial charge in [-0.15, -0.1) is 0 Å². The van der Waals surface area contributed by atoms with Gasteiger partial charge < -0.3 is 10.2 Å². The Morgan fingerprint density at radius 1 is 0.864 bits per heavy atom. The first-order chi connectivity index (χ1) is 21.1. The van der Waals surface area contributed by atoms with Crippen LogP contribution in [0.2, 0.25) is 0 Å². The van der Waals surface area contributed by atoms with Crippen LogP contribution in [0.15, 0.2) is 84.4 Å². The van der Waals surface area contributed by atoms with Crippen molar-refractivity contribution >= 4 is 29.3 Å². The van der Waals surface area contributed by atoms with Crippen LogP contribution < -0.4 is 4.90 Å². The van der Waals surface area contributed by atoms with Gasteiger partial charge in [0.25, 0.3) is 0 Å². The molecule has 0 spiro atoms. The number of anilines is 1. The van der Waals surface area contributed by atoms with E-state index in [1.54, 1.807) is 67.6 Å². The Hall–Kier alpha value is -4.72. The van der Waals surface area contributed by atoms with Gasteiger partial charge in [-0.3, -0.25) is 24.1 Å². The predicted octanol–water partition coefficient (Wildman–Crippen LogP) is 4.88. The van der Waals surface area contributed by atoms with E-state index in [2.05, 4.69) is 0 Å². The number of carbonyl (C=O) groups is 4. The fourth-order valence-electron chi connectivity index (χ4n) is 8.27. The van der Waals surface area contributed by atoms with Crippen LogP contribution in [0.1, 0.15) is 42.4 Å². The lowest BCUT2D eigenvalue weighted by atomic mass is 9.51. The van der Waals surface area contributed by atoms with Crippen molar-refractivity contribution in [2.45, 2.75) is 39.0 Å². The summed E-state index contributed by atoms with van der Waals surface area (Å²) >= 11 is 0. The average Bonchev–Trinajstić information content (AvgIpc) is 3.38. The van der Waals surface area contributed by atoms with Crippen molar-refractivity contribution in [1.29, 1.82) is 0 Å². The first-order valence-electron chi connectivity index (χ1n) is 15.2. The molecule has 3 aromatic carbocycles. The number of imide groups is 2. The quantitative estimate of drug-likeness (QED) is 0.323. The summed E-state index contributed by atoms with van der Waals surface area (Å²) in [6.07, 6.45) is 3.19. The summed E-state index contributed by atoms with van der Waals surface area (Å²) in [5.41, 5.74) is 2.69. The largest absolute Gasteiger partial charge is 0.508 e. The van der Waals surface area contributed by atoms with Crippen molar-refractivity contribution < 1.29 is 29.4 Å².